The molecular weight excluding hydrogens is 370 g/mol. The molecule has 0 aliphatic heterocycles. The fourth-order valence-electron chi connectivity index (χ4n) is 4.58. The third kappa shape index (κ3) is 3.97. The van der Waals surface area contributed by atoms with Crippen LogP contribution in [-0.4, -0.2) is 10.1 Å². The van der Waals surface area contributed by atoms with E-state index in [-0.39, 0.29) is 11.0 Å². The van der Waals surface area contributed by atoms with E-state index in [2.05, 4.69) is 67.3 Å². The van der Waals surface area contributed by atoms with Gasteiger partial charge in [-0.2, -0.15) is 4.98 Å². The molecule has 3 aromatic rings. The average molecular weight is 402 g/mol. The van der Waals surface area contributed by atoms with Gasteiger partial charge < -0.3 is 10.3 Å². The molecule has 156 valence electrons. The number of rotatable bonds is 5. The van der Waals surface area contributed by atoms with Crippen LogP contribution in [-0.2, 0) is 5.54 Å². The zero-order chi connectivity index (χ0) is 21.2. The average Bonchev–Trinajstić information content (AvgIpc) is 3.23. The number of hydrogen-bond donors (Lipinski definition) is 1. The lowest BCUT2D eigenvalue weighted by atomic mass is 9.60. The first-order chi connectivity index (χ1) is 14.4. The summed E-state index contributed by atoms with van der Waals surface area (Å²) in [5, 5.41) is 4.15. The Morgan fingerprint density at radius 3 is 2.43 bits per heavy atom. The first kappa shape index (κ1) is 20.5. The summed E-state index contributed by atoms with van der Waals surface area (Å²) in [6.45, 7) is 6.58. The molecule has 1 aliphatic rings. The number of allylic oxidation sites excluding steroid dienone is 1. The van der Waals surface area contributed by atoms with Crippen molar-refractivity contribution in [3.63, 3.8) is 0 Å². The van der Waals surface area contributed by atoms with E-state index in [0.29, 0.717) is 17.6 Å². The molecule has 1 unspecified atom stereocenters. The third-order valence-corrected chi connectivity index (χ3v) is 7.10. The van der Waals surface area contributed by atoms with Crippen molar-refractivity contribution in [3.8, 4) is 11.4 Å². The van der Waals surface area contributed by atoms with Crippen molar-refractivity contribution in [2.45, 2.75) is 52.0 Å². The van der Waals surface area contributed by atoms with Crippen LogP contribution < -0.4 is 5.73 Å². The highest BCUT2D eigenvalue weighted by Crippen LogP contribution is 2.49. The van der Waals surface area contributed by atoms with Gasteiger partial charge in [-0.15, -0.1) is 0 Å². The lowest BCUT2D eigenvalue weighted by Crippen LogP contribution is -2.50. The molecule has 1 fully saturated rings. The van der Waals surface area contributed by atoms with Crippen LogP contribution in [0.3, 0.4) is 0 Å². The summed E-state index contributed by atoms with van der Waals surface area (Å²) >= 11 is 0. The van der Waals surface area contributed by atoms with Crippen LogP contribution in [0.4, 0.5) is 0 Å². The molecule has 1 atom stereocenters. The minimum atomic E-state index is -0.335. The lowest BCUT2D eigenvalue weighted by molar-refractivity contribution is 0.0848. The fraction of sp³-hybridized carbons (Fsp3) is 0.385. The van der Waals surface area contributed by atoms with Gasteiger partial charge in [0.1, 0.15) is 0 Å². The number of hydrogen-bond acceptors (Lipinski definition) is 4. The number of nitrogens with two attached hydrogens (primary N) is 1. The monoisotopic (exact) mass is 401 g/mol. The topological polar surface area (TPSA) is 64.9 Å². The number of aryl methyl sites for hydroxylation is 1. The summed E-state index contributed by atoms with van der Waals surface area (Å²) in [4.78, 5) is 4.55. The molecule has 0 radical (unpaired) electrons. The predicted molar refractivity (Wildman–Crippen MR) is 122 cm³/mol. The maximum Gasteiger partial charge on any atom is 0.250 e. The fourth-order valence-corrected chi connectivity index (χ4v) is 4.58. The molecule has 1 saturated carbocycles. The Morgan fingerprint density at radius 2 is 1.73 bits per heavy atom. The van der Waals surface area contributed by atoms with Crippen molar-refractivity contribution in [3.05, 3.63) is 77.7 Å². The molecule has 4 nitrogen and oxygen atoms in total. The molecule has 0 spiro atoms. The number of nitrogens with zero attached hydrogens (tertiary/aromatic N) is 2. The molecule has 4 rings (SSSR count). The maximum atomic E-state index is 6.88. The smallest absolute Gasteiger partial charge is 0.250 e. The molecule has 1 aromatic heterocycles. The van der Waals surface area contributed by atoms with Gasteiger partial charge in [-0.25, -0.2) is 0 Å². The normalized spacial score (nSPS) is 24.1. The summed E-state index contributed by atoms with van der Waals surface area (Å²) in [5.41, 5.74) is 10.00. The third-order valence-electron chi connectivity index (χ3n) is 7.10. The molecule has 0 amide bonds. The van der Waals surface area contributed by atoms with Crippen molar-refractivity contribution in [1.82, 2.24) is 10.1 Å². The summed E-state index contributed by atoms with van der Waals surface area (Å²) in [6.07, 6.45) is 8.63. The van der Waals surface area contributed by atoms with Gasteiger partial charge in [0.25, 0.3) is 5.89 Å². The van der Waals surface area contributed by atoms with Crippen LogP contribution >= 0.6 is 0 Å². The van der Waals surface area contributed by atoms with Gasteiger partial charge >= 0.3 is 0 Å². The first-order valence-corrected chi connectivity index (χ1v) is 10.8. The van der Waals surface area contributed by atoms with Crippen LogP contribution in [0.2, 0.25) is 0 Å². The molecule has 4 heteroatoms. The summed E-state index contributed by atoms with van der Waals surface area (Å²) in [5.74, 6) is 1.72. The largest absolute Gasteiger partial charge is 0.334 e. The van der Waals surface area contributed by atoms with Gasteiger partial charge in [0.2, 0.25) is 5.82 Å². The Bertz CT molecular complexity index is 1010. The standard InChI is InChI=1S/C26H31N3O/c1-19-9-7-8-12-22(19)24-28-23(30-29-24)14-13-20-15-17-25(2,18-16-20)26(3,27)21-10-5-4-6-11-21/h4-14,20H,15-18,27H2,1-3H3/b14-13+. The van der Waals surface area contributed by atoms with Crippen molar-refractivity contribution < 1.29 is 4.52 Å². The van der Waals surface area contributed by atoms with Crippen LogP contribution in [0.15, 0.2) is 65.2 Å². The highest BCUT2D eigenvalue weighted by molar-refractivity contribution is 5.60. The van der Waals surface area contributed by atoms with Crippen LogP contribution in [0, 0.1) is 18.3 Å². The quantitative estimate of drug-likeness (QED) is 0.558. The van der Waals surface area contributed by atoms with E-state index < -0.39 is 0 Å². The van der Waals surface area contributed by atoms with E-state index in [4.69, 9.17) is 10.3 Å². The molecule has 2 aromatic carbocycles. The SMILES string of the molecule is Cc1ccccc1-c1noc(/C=C/C2CCC(C)(C(C)(N)c3ccccc3)CC2)n1. The van der Waals surface area contributed by atoms with Gasteiger partial charge in [0, 0.05) is 11.1 Å². The molecule has 1 aliphatic carbocycles. The molecule has 0 saturated heterocycles. The zero-order valence-electron chi connectivity index (χ0n) is 18.1. The van der Waals surface area contributed by atoms with Gasteiger partial charge in [0.15, 0.2) is 0 Å². The Morgan fingerprint density at radius 1 is 1.07 bits per heavy atom. The summed E-state index contributed by atoms with van der Waals surface area (Å²) < 4.78 is 5.45. The minimum absolute atomic E-state index is 0.0845. The van der Waals surface area contributed by atoms with Crippen molar-refractivity contribution in [2.24, 2.45) is 17.1 Å². The van der Waals surface area contributed by atoms with Crippen LogP contribution in [0.1, 0.15) is 56.5 Å². The van der Waals surface area contributed by atoms with Crippen molar-refractivity contribution in [1.29, 1.82) is 0 Å². The second-order valence-electron chi connectivity index (χ2n) is 9.10. The van der Waals surface area contributed by atoms with E-state index in [1.165, 1.54) is 5.56 Å². The maximum absolute atomic E-state index is 6.88. The highest BCUT2D eigenvalue weighted by Gasteiger charge is 2.44. The molecule has 1 heterocycles. The van der Waals surface area contributed by atoms with Gasteiger partial charge in [-0.05, 0) is 68.1 Å². The van der Waals surface area contributed by atoms with E-state index in [9.17, 15) is 0 Å². The lowest BCUT2D eigenvalue weighted by Gasteiger charge is -2.48. The Labute approximate surface area is 179 Å². The molecule has 0 bridgehead atoms. The summed E-state index contributed by atoms with van der Waals surface area (Å²) in [6, 6.07) is 18.6. The molecule has 30 heavy (non-hydrogen) atoms. The highest BCUT2D eigenvalue weighted by atomic mass is 16.5. The second kappa shape index (κ2) is 8.19. The van der Waals surface area contributed by atoms with E-state index >= 15 is 0 Å². The van der Waals surface area contributed by atoms with Gasteiger partial charge in [0.05, 0.1) is 0 Å². The van der Waals surface area contributed by atoms with Crippen LogP contribution in [0.25, 0.3) is 17.5 Å². The number of aromatic nitrogens is 2. The van der Waals surface area contributed by atoms with E-state index in [0.717, 1.165) is 36.8 Å². The molecular formula is C26H31N3O. The second-order valence-corrected chi connectivity index (χ2v) is 9.10. The Balaban J connectivity index is 1.41. The van der Waals surface area contributed by atoms with E-state index in [1.54, 1.807) is 0 Å². The minimum Gasteiger partial charge on any atom is -0.334 e. The Hall–Kier alpha value is -2.72. The predicted octanol–water partition coefficient (Wildman–Crippen LogP) is 6.13. The van der Waals surface area contributed by atoms with Crippen molar-refractivity contribution >= 4 is 6.08 Å². The van der Waals surface area contributed by atoms with E-state index in [1.807, 2.05) is 30.3 Å². The van der Waals surface area contributed by atoms with Gasteiger partial charge in [-0.3, -0.25) is 0 Å². The zero-order valence-corrected chi connectivity index (χ0v) is 18.1. The van der Waals surface area contributed by atoms with Gasteiger partial charge in [-0.1, -0.05) is 72.8 Å². The van der Waals surface area contributed by atoms with Crippen LogP contribution in [0.5, 0.6) is 0 Å². The Kier molecular flexibility index (Phi) is 5.61. The van der Waals surface area contributed by atoms with Crippen molar-refractivity contribution in [2.75, 3.05) is 0 Å². The molecule has 2 N–H and O–H groups in total. The summed E-state index contributed by atoms with van der Waals surface area (Å²) in [7, 11) is 0. The number of benzene rings is 2. The first-order valence-electron chi connectivity index (χ1n) is 10.8.